The Kier molecular flexibility index (Phi) is 6.87. The third-order valence-electron chi connectivity index (χ3n) is 10.0. The lowest BCUT2D eigenvalue weighted by Crippen LogP contribution is -1.99. The molecular weight excluding hydrogens is 577 g/mol. The van der Waals surface area contributed by atoms with Crippen LogP contribution in [0.3, 0.4) is 0 Å². The van der Waals surface area contributed by atoms with E-state index in [4.69, 9.17) is 0 Å². The van der Waals surface area contributed by atoms with Gasteiger partial charge in [0, 0.05) is 5.92 Å². The van der Waals surface area contributed by atoms with Crippen LogP contribution in [0.4, 0.5) is 0 Å². The average Bonchev–Trinajstić information content (AvgIpc) is 3.49. The van der Waals surface area contributed by atoms with E-state index in [1.165, 1.54) is 88.3 Å². The van der Waals surface area contributed by atoms with Crippen LogP contribution in [0, 0.1) is 0 Å². The van der Waals surface area contributed by atoms with Gasteiger partial charge in [-0.25, -0.2) is 0 Å². The summed E-state index contributed by atoms with van der Waals surface area (Å²) in [5.74, 6) is 0.307. The van der Waals surface area contributed by atoms with Crippen LogP contribution >= 0.6 is 0 Å². The van der Waals surface area contributed by atoms with Crippen LogP contribution in [0.15, 0.2) is 181 Å². The fourth-order valence-electron chi connectivity index (χ4n) is 7.90. The summed E-state index contributed by atoms with van der Waals surface area (Å²) in [6.45, 7) is 2.27. The van der Waals surface area contributed by atoms with Gasteiger partial charge >= 0.3 is 0 Å². The van der Waals surface area contributed by atoms with Gasteiger partial charge in [0.2, 0.25) is 0 Å². The zero-order valence-corrected chi connectivity index (χ0v) is 26.9. The molecule has 0 heteroatoms. The van der Waals surface area contributed by atoms with Crippen LogP contribution in [0.25, 0.3) is 72.1 Å². The highest BCUT2D eigenvalue weighted by Crippen LogP contribution is 2.47. The first kappa shape index (κ1) is 28.3. The predicted octanol–water partition coefficient (Wildman–Crippen LogP) is 13.2. The van der Waals surface area contributed by atoms with Gasteiger partial charge in [0.25, 0.3) is 0 Å². The molecule has 9 rings (SSSR count). The molecule has 0 heterocycles. The van der Waals surface area contributed by atoms with E-state index in [-0.39, 0.29) is 0 Å². The van der Waals surface area contributed by atoms with Gasteiger partial charge in [-0.15, -0.1) is 0 Å². The first-order valence-electron chi connectivity index (χ1n) is 16.8. The second-order valence-corrected chi connectivity index (χ2v) is 12.9. The van der Waals surface area contributed by atoms with E-state index in [9.17, 15) is 0 Å². The minimum atomic E-state index is 0.307. The zero-order valence-electron chi connectivity index (χ0n) is 26.9. The monoisotopic (exact) mass is 610 g/mol. The maximum absolute atomic E-state index is 2.42. The van der Waals surface area contributed by atoms with Gasteiger partial charge in [-0.05, 0) is 114 Å². The Bertz CT molecular complexity index is 2370. The third kappa shape index (κ3) is 4.77. The zero-order chi connectivity index (χ0) is 32.0. The van der Waals surface area contributed by atoms with E-state index in [2.05, 4.69) is 189 Å². The predicted molar refractivity (Wildman–Crippen MR) is 205 cm³/mol. The van der Waals surface area contributed by atoms with Crippen LogP contribution < -0.4 is 0 Å². The van der Waals surface area contributed by atoms with Crippen molar-refractivity contribution in [3.63, 3.8) is 0 Å². The van der Waals surface area contributed by atoms with Gasteiger partial charge in [-0.1, -0.05) is 163 Å². The van der Waals surface area contributed by atoms with Crippen molar-refractivity contribution in [2.75, 3.05) is 0 Å². The molecule has 0 bridgehead atoms. The lowest BCUT2D eigenvalue weighted by atomic mass is 9.83. The van der Waals surface area contributed by atoms with Crippen LogP contribution in [-0.2, 0) is 0 Å². The SMILES string of the molecule is CC1=Cc2cc(-c3c4ccccc4c(-c4cc(-c5ccccc5)cc(-c5ccccc5)c4)c4ccccc34)ccc2C1c1ccccc1. The lowest BCUT2D eigenvalue weighted by molar-refractivity contribution is 0.977. The van der Waals surface area contributed by atoms with Gasteiger partial charge in [0.15, 0.2) is 0 Å². The fraction of sp³-hybridized carbons (Fsp3) is 0.0417. The molecule has 0 saturated carbocycles. The summed E-state index contributed by atoms with van der Waals surface area (Å²) in [6.07, 6.45) is 2.38. The van der Waals surface area contributed by atoms with Crippen molar-refractivity contribution in [2.24, 2.45) is 0 Å². The molecule has 0 N–H and O–H groups in total. The number of benzene rings is 8. The van der Waals surface area contributed by atoms with Crippen molar-refractivity contribution in [3.05, 3.63) is 198 Å². The molecule has 0 fully saturated rings. The number of hydrogen-bond acceptors (Lipinski definition) is 0. The number of rotatable bonds is 5. The van der Waals surface area contributed by atoms with Crippen LogP contribution in [-0.4, -0.2) is 0 Å². The standard InChI is InChI=1S/C48H34/c1-32-27-39-28-36(25-26-41(39)46(32)35-19-9-4-10-20-35)47-42-21-11-13-23-44(42)48(45-24-14-12-22-43(45)47)40-30-37(33-15-5-2-6-16-33)29-38(31-40)34-17-7-3-8-18-34/h2-31,46H,1H3. The topological polar surface area (TPSA) is 0 Å². The minimum absolute atomic E-state index is 0.307. The summed E-state index contributed by atoms with van der Waals surface area (Å²) in [4.78, 5) is 0. The molecule has 0 saturated heterocycles. The number of fused-ring (bicyclic) bond motifs is 3. The molecule has 48 heavy (non-hydrogen) atoms. The Morgan fingerprint density at radius 3 is 1.31 bits per heavy atom. The third-order valence-corrected chi connectivity index (χ3v) is 10.0. The van der Waals surface area contributed by atoms with Gasteiger partial charge in [-0.3, -0.25) is 0 Å². The molecule has 0 nitrogen and oxygen atoms in total. The maximum atomic E-state index is 2.42. The summed E-state index contributed by atoms with van der Waals surface area (Å²) in [6, 6.07) is 64.6. The molecular formula is C48H34. The second kappa shape index (κ2) is 11.7. The molecule has 8 aromatic carbocycles. The lowest BCUT2D eigenvalue weighted by Gasteiger charge is -2.20. The summed E-state index contributed by atoms with van der Waals surface area (Å²) < 4.78 is 0. The molecule has 0 amide bonds. The van der Waals surface area contributed by atoms with Crippen LogP contribution in [0.2, 0.25) is 0 Å². The molecule has 1 unspecified atom stereocenters. The molecule has 8 aromatic rings. The van der Waals surface area contributed by atoms with Gasteiger partial charge in [0.05, 0.1) is 0 Å². The van der Waals surface area contributed by atoms with E-state index in [0.29, 0.717) is 5.92 Å². The Hall–Kier alpha value is -5.98. The van der Waals surface area contributed by atoms with Crippen molar-refractivity contribution in [1.29, 1.82) is 0 Å². The minimum Gasteiger partial charge on any atom is -0.0622 e. The Labute approximate surface area is 282 Å². The van der Waals surface area contributed by atoms with Gasteiger partial charge in [0.1, 0.15) is 0 Å². The van der Waals surface area contributed by atoms with Crippen LogP contribution in [0.1, 0.15) is 29.5 Å². The highest BCUT2D eigenvalue weighted by atomic mass is 14.3. The van der Waals surface area contributed by atoms with Crippen LogP contribution in [0.5, 0.6) is 0 Å². The molecule has 1 atom stereocenters. The molecule has 1 aliphatic rings. The first-order chi connectivity index (χ1) is 23.7. The summed E-state index contributed by atoms with van der Waals surface area (Å²) in [5, 5.41) is 5.08. The summed E-state index contributed by atoms with van der Waals surface area (Å²) in [5.41, 5.74) is 15.4. The van der Waals surface area contributed by atoms with Crippen molar-refractivity contribution < 1.29 is 0 Å². The molecule has 0 aromatic heterocycles. The molecule has 0 spiro atoms. The number of hydrogen-bond donors (Lipinski definition) is 0. The van der Waals surface area contributed by atoms with E-state index in [1.54, 1.807) is 0 Å². The Morgan fingerprint density at radius 2 is 0.792 bits per heavy atom. The van der Waals surface area contributed by atoms with E-state index in [1.807, 2.05) is 0 Å². The highest BCUT2D eigenvalue weighted by molar-refractivity contribution is 6.21. The van der Waals surface area contributed by atoms with Crippen molar-refractivity contribution in [2.45, 2.75) is 12.8 Å². The number of allylic oxidation sites excluding steroid dienone is 1. The molecule has 0 aliphatic heterocycles. The van der Waals surface area contributed by atoms with E-state index in [0.717, 1.165) is 0 Å². The summed E-state index contributed by atoms with van der Waals surface area (Å²) in [7, 11) is 0. The smallest absolute Gasteiger partial charge is 0.0305 e. The van der Waals surface area contributed by atoms with Crippen molar-refractivity contribution >= 4 is 27.6 Å². The Balaban J connectivity index is 1.29. The van der Waals surface area contributed by atoms with Crippen molar-refractivity contribution in [3.8, 4) is 44.5 Å². The summed E-state index contributed by atoms with van der Waals surface area (Å²) >= 11 is 0. The highest BCUT2D eigenvalue weighted by Gasteiger charge is 2.25. The van der Waals surface area contributed by atoms with Gasteiger partial charge in [-0.2, -0.15) is 0 Å². The molecule has 1 aliphatic carbocycles. The Morgan fingerprint density at radius 1 is 0.354 bits per heavy atom. The fourth-order valence-corrected chi connectivity index (χ4v) is 7.90. The van der Waals surface area contributed by atoms with E-state index >= 15 is 0 Å². The molecule has 0 radical (unpaired) electrons. The van der Waals surface area contributed by atoms with Gasteiger partial charge < -0.3 is 0 Å². The maximum Gasteiger partial charge on any atom is 0.0305 e. The molecule has 226 valence electrons. The quantitative estimate of drug-likeness (QED) is 0.170. The normalized spacial score (nSPS) is 13.9. The van der Waals surface area contributed by atoms with E-state index < -0.39 is 0 Å². The first-order valence-corrected chi connectivity index (χ1v) is 16.8. The van der Waals surface area contributed by atoms with Crippen molar-refractivity contribution in [1.82, 2.24) is 0 Å². The average molecular weight is 611 g/mol. The second-order valence-electron chi connectivity index (χ2n) is 12.9. The largest absolute Gasteiger partial charge is 0.0622 e.